The van der Waals surface area contributed by atoms with Gasteiger partial charge in [0.15, 0.2) is 0 Å². The lowest BCUT2D eigenvalue weighted by molar-refractivity contribution is 0.0600. The summed E-state index contributed by atoms with van der Waals surface area (Å²) in [7, 11) is 1.33. The topological polar surface area (TPSA) is 84.9 Å². The molecular formula is C23H27NO5. The van der Waals surface area contributed by atoms with E-state index in [1.165, 1.54) is 7.11 Å². The number of benzene rings is 2. The minimum atomic E-state index is -0.555. The number of esters is 1. The predicted octanol–water partition coefficient (Wildman–Crippen LogP) is 4.02. The molecule has 0 bridgehead atoms. The van der Waals surface area contributed by atoms with Crippen LogP contribution in [-0.4, -0.2) is 30.9 Å². The van der Waals surface area contributed by atoms with Crippen molar-refractivity contribution < 1.29 is 24.2 Å². The predicted molar refractivity (Wildman–Crippen MR) is 110 cm³/mol. The summed E-state index contributed by atoms with van der Waals surface area (Å²) in [5.41, 5.74) is 2.96. The summed E-state index contributed by atoms with van der Waals surface area (Å²) in [6, 6.07) is 15.8. The van der Waals surface area contributed by atoms with Crippen LogP contribution < -0.4 is 5.32 Å². The smallest absolute Gasteiger partial charge is 0.408 e. The van der Waals surface area contributed by atoms with E-state index in [9.17, 15) is 14.7 Å². The number of ether oxygens (including phenoxy) is 2. The highest BCUT2D eigenvalue weighted by molar-refractivity contribution is 5.89. The van der Waals surface area contributed by atoms with Crippen molar-refractivity contribution in [3.63, 3.8) is 0 Å². The molecule has 0 saturated heterocycles. The lowest BCUT2D eigenvalue weighted by Crippen LogP contribution is -2.30. The summed E-state index contributed by atoms with van der Waals surface area (Å²) in [5, 5.41) is 12.2. The highest BCUT2D eigenvalue weighted by Crippen LogP contribution is 2.24. The molecule has 0 saturated carbocycles. The molecule has 6 nitrogen and oxygen atoms in total. The van der Waals surface area contributed by atoms with E-state index in [1.807, 2.05) is 50.3 Å². The first kappa shape index (κ1) is 22.2. The highest BCUT2D eigenvalue weighted by Gasteiger charge is 2.19. The molecular weight excluding hydrogens is 370 g/mol. The summed E-state index contributed by atoms with van der Waals surface area (Å²) in [4.78, 5) is 24.1. The van der Waals surface area contributed by atoms with Crippen LogP contribution in [0.3, 0.4) is 0 Å². The minimum absolute atomic E-state index is 0.00376. The number of aliphatic hydroxyl groups is 1. The second-order valence-corrected chi connectivity index (χ2v) is 6.82. The Morgan fingerprint density at radius 1 is 1.10 bits per heavy atom. The lowest BCUT2D eigenvalue weighted by atomic mass is 9.96. The summed E-state index contributed by atoms with van der Waals surface area (Å²) >= 11 is 0. The van der Waals surface area contributed by atoms with Crippen molar-refractivity contribution >= 4 is 12.1 Å². The van der Waals surface area contributed by atoms with Crippen molar-refractivity contribution in [3.8, 4) is 0 Å². The third-order valence-electron chi connectivity index (χ3n) is 4.43. The molecule has 2 aromatic rings. The molecule has 2 atom stereocenters. The van der Waals surface area contributed by atoms with Gasteiger partial charge in [0, 0.05) is 6.61 Å². The third-order valence-corrected chi connectivity index (χ3v) is 4.43. The van der Waals surface area contributed by atoms with Gasteiger partial charge >= 0.3 is 12.1 Å². The average molecular weight is 397 g/mol. The average Bonchev–Trinajstić information content (AvgIpc) is 2.76. The molecule has 2 rings (SSSR count). The van der Waals surface area contributed by atoms with Crippen LogP contribution in [0.1, 0.15) is 41.4 Å². The zero-order valence-electron chi connectivity index (χ0n) is 16.9. The maximum absolute atomic E-state index is 12.4. The van der Waals surface area contributed by atoms with E-state index in [4.69, 9.17) is 9.47 Å². The number of carbonyl (C=O) groups is 2. The van der Waals surface area contributed by atoms with Gasteiger partial charge in [-0.05, 0) is 36.1 Å². The van der Waals surface area contributed by atoms with Crippen molar-refractivity contribution in [3.05, 3.63) is 82.9 Å². The number of methoxy groups -OCH3 is 1. The second kappa shape index (κ2) is 11.0. The number of nitrogens with one attached hydrogen (secondary N) is 1. The fraction of sp³-hybridized carbons (Fsp3) is 0.304. The van der Waals surface area contributed by atoms with Gasteiger partial charge in [-0.25, -0.2) is 9.59 Å². The Morgan fingerprint density at radius 2 is 1.76 bits per heavy atom. The first-order chi connectivity index (χ1) is 13.9. The molecule has 1 amide bonds. The monoisotopic (exact) mass is 397 g/mol. The van der Waals surface area contributed by atoms with Gasteiger partial charge in [-0.1, -0.05) is 61.0 Å². The van der Waals surface area contributed by atoms with Crippen LogP contribution in [0.2, 0.25) is 0 Å². The fourth-order valence-corrected chi connectivity index (χ4v) is 2.87. The summed E-state index contributed by atoms with van der Waals surface area (Å²) < 4.78 is 10.1. The van der Waals surface area contributed by atoms with E-state index in [1.54, 1.807) is 24.3 Å². The van der Waals surface area contributed by atoms with E-state index in [-0.39, 0.29) is 19.1 Å². The summed E-state index contributed by atoms with van der Waals surface area (Å²) in [5.74, 6) is -0.488. The van der Waals surface area contributed by atoms with Gasteiger partial charge in [-0.15, -0.1) is 0 Å². The normalized spacial score (nSPS) is 13.3. The zero-order chi connectivity index (χ0) is 21.2. The number of aliphatic hydroxyl groups excluding tert-OH is 1. The Morgan fingerprint density at radius 3 is 2.34 bits per heavy atom. The highest BCUT2D eigenvalue weighted by atomic mass is 16.5. The third kappa shape index (κ3) is 6.76. The maximum Gasteiger partial charge on any atom is 0.408 e. The fourth-order valence-electron chi connectivity index (χ4n) is 2.87. The molecule has 0 spiro atoms. The SMILES string of the molecule is COC(=O)c1ccc(C(NC(=O)OCc2ccccc2)/C(C)=C/[C@@H](C)CO)cc1. The molecule has 29 heavy (non-hydrogen) atoms. The molecule has 2 aromatic carbocycles. The van der Waals surface area contributed by atoms with Crippen molar-refractivity contribution in [1.29, 1.82) is 0 Å². The van der Waals surface area contributed by atoms with Crippen LogP contribution in [-0.2, 0) is 16.1 Å². The number of alkyl carbamates (subject to hydrolysis) is 1. The Kier molecular flexibility index (Phi) is 8.43. The van der Waals surface area contributed by atoms with Crippen molar-refractivity contribution in [1.82, 2.24) is 5.32 Å². The van der Waals surface area contributed by atoms with Gasteiger partial charge in [-0.3, -0.25) is 0 Å². The van der Waals surface area contributed by atoms with Crippen molar-refractivity contribution in [2.75, 3.05) is 13.7 Å². The Bertz CT molecular complexity index is 830. The van der Waals surface area contributed by atoms with Crippen molar-refractivity contribution in [2.24, 2.45) is 5.92 Å². The van der Waals surface area contributed by atoms with E-state index < -0.39 is 18.1 Å². The molecule has 0 radical (unpaired) electrons. The van der Waals surface area contributed by atoms with Gasteiger partial charge in [0.2, 0.25) is 0 Å². The van der Waals surface area contributed by atoms with E-state index >= 15 is 0 Å². The number of rotatable bonds is 8. The molecule has 2 N–H and O–H groups in total. The molecule has 0 aliphatic carbocycles. The molecule has 154 valence electrons. The number of carbonyl (C=O) groups excluding carboxylic acids is 2. The van der Waals surface area contributed by atoms with E-state index in [0.29, 0.717) is 5.56 Å². The lowest BCUT2D eigenvalue weighted by Gasteiger charge is -2.21. The van der Waals surface area contributed by atoms with Gasteiger partial charge in [0.05, 0.1) is 18.7 Å². The number of hydrogen-bond acceptors (Lipinski definition) is 5. The molecule has 6 heteroatoms. The molecule has 0 heterocycles. The number of amides is 1. The van der Waals surface area contributed by atoms with Crippen LogP contribution in [0.4, 0.5) is 4.79 Å². The van der Waals surface area contributed by atoms with Crippen LogP contribution in [0, 0.1) is 5.92 Å². The molecule has 0 aliphatic heterocycles. The zero-order valence-corrected chi connectivity index (χ0v) is 16.9. The van der Waals surface area contributed by atoms with Gasteiger partial charge < -0.3 is 19.9 Å². The minimum Gasteiger partial charge on any atom is -0.465 e. The molecule has 1 unspecified atom stereocenters. The van der Waals surface area contributed by atoms with E-state index in [2.05, 4.69) is 5.32 Å². The Balaban J connectivity index is 2.17. The van der Waals surface area contributed by atoms with Crippen molar-refractivity contribution in [2.45, 2.75) is 26.5 Å². The Labute approximate surface area is 171 Å². The van der Waals surface area contributed by atoms with Gasteiger partial charge in [-0.2, -0.15) is 0 Å². The van der Waals surface area contributed by atoms with Gasteiger partial charge in [0.1, 0.15) is 6.61 Å². The van der Waals surface area contributed by atoms with Crippen LogP contribution in [0.5, 0.6) is 0 Å². The number of hydrogen-bond donors (Lipinski definition) is 2. The summed E-state index contributed by atoms with van der Waals surface area (Å²) in [6.07, 6.45) is 1.34. The van der Waals surface area contributed by atoms with Crippen LogP contribution in [0.25, 0.3) is 0 Å². The first-order valence-corrected chi connectivity index (χ1v) is 9.39. The second-order valence-electron chi connectivity index (χ2n) is 6.82. The van der Waals surface area contributed by atoms with Crippen LogP contribution >= 0.6 is 0 Å². The standard InChI is InChI=1S/C23H27NO5/c1-16(14-25)13-17(2)21(19-9-11-20(12-10-19)22(26)28-3)24-23(27)29-15-18-7-5-4-6-8-18/h4-13,16,21,25H,14-15H2,1-3H3,(H,24,27)/b17-13+/t16-,21?/m1/s1. The molecule has 0 aromatic heterocycles. The van der Waals surface area contributed by atoms with Crippen LogP contribution in [0.15, 0.2) is 66.2 Å². The largest absolute Gasteiger partial charge is 0.465 e. The summed E-state index contributed by atoms with van der Waals surface area (Å²) in [6.45, 7) is 3.93. The molecule has 0 fully saturated rings. The Hall–Kier alpha value is -3.12. The maximum atomic E-state index is 12.4. The van der Waals surface area contributed by atoms with E-state index in [0.717, 1.165) is 16.7 Å². The molecule has 0 aliphatic rings. The quantitative estimate of drug-likeness (QED) is 0.519. The first-order valence-electron chi connectivity index (χ1n) is 9.39. The van der Waals surface area contributed by atoms with Gasteiger partial charge in [0.25, 0.3) is 0 Å².